The standard InChI is InChI=1S/C22H24F3NO2.C4H4O4/c1-21(2,3)26-14-19(27)15-28-20-13-18(22(23,24)25)12-11-17(20)10-9-16-7-5-4-6-8-16;5-3(6)1-2-4(7)8/h4-8,11-13,19,26-27H,14-15H2,1-3H3;1-2H,(H,5,6)(H,7,8)/b;2-1+. The first-order valence-electron chi connectivity index (χ1n) is 10.7. The van der Waals surface area contributed by atoms with E-state index in [0.29, 0.717) is 17.7 Å². The SMILES string of the molecule is CC(C)(C)NCC(O)COc1cc(C(F)(F)F)ccc1C#Cc1ccccc1.O=C(O)/C=C/C(=O)O. The summed E-state index contributed by atoms with van der Waals surface area (Å²) in [6.45, 7) is 5.96. The van der Waals surface area contributed by atoms with Crippen molar-refractivity contribution in [2.45, 2.75) is 38.6 Å². The smallest absolute Gasteiger partial charge is 0.416 e. The summed E-state index contributed by atoms with van der Waals surface area (Å²) >= 11 is 0. The number of aliphatic carboxylic acids is 2. The van der Waals surface area contributed by atoms with Crippen molar-refractivity contribution in [2.24, 2.45) is 0 Å². The fraction of sp³-hybridized carbons (Fsp3) is 0.308. The number of aliphatic hydroxyl groups excluding tert-OH is 1. The quantitative estimate of drug-likeness (QED) is 0.331. The lowest BCUT2D eigenvalue weighted by Crippen LogP contribution is -2.42. The summed E-state index contributed by atoms with van der Waals surface area (Å²) in [6, 6.07) is 12.3. The third-order valence-electron chi connectivity index (χ3n) is 4.09. The van der Waals surface area contributed by atoms with E-state index in [4.69, 9.17) is 14.9 Å². The number of benzene rings is 2. The molecule has 0 aliphatic heterocycles. The molecule has 2 rings (SSSR count). The number of hydrogen-bond donors (Lipinski definition) is 4. The van der Waals surface area contributed by atoms with E-state index >= 15 is 0 Å². The maximum Gasteiger partial charge on any atom is 0.416 e. The van der Waals surface area contributed by atoms with Crippen LogP contribution in [0.3, 0.4) is 0 Å². The number of nitrogens with one attached hydrogen (secondary N) is 1. The molecule has 0 fully saturated rings. The number of rotatable bonds is 7. The Morgan fingerprint density at radius 3 is 2.08 bits per heavy atom. The van der Waals surface area contributed by atoms with Gasteiger partial charge in [-0.15, -0.1) is 0 Å². The molecule has 0 radical (unpaired) electrons. The van der Waals surface area contributed by atoms with Gasteiger partial charge in [0.05, 0.1) is 11.1 Å². The summed E-state index contributed by atoms with van der Waals surface area (Å²) in [5, 5.41) is 28.8. The first-order valence-corrected chi connectivity index (χ1v) is 10.7. The van der Waals surface area contributed by atoms with E-state index in [0.717, 1.165) is 17.7 Å². The fourth-order valence-corrected chi connectivity index (χ4v) is 2.39. The molecule has 7 nitrogen and oxygen atoms in total. The molecular weight excluding hydrogens is 479 g/mol. The van der Waals surface area contributed by atoms with Gasteiger partial charge < -0.3 is 25.4 Å². The topological polar surface area (TPSA) is 116 Å². The molecule has 0 aliphatic carbocycles. The molecule has 0 saturated heterocycles. The highest BCUT2D eigenvalue weighted by molar-refractivity contribution is 5.89. The number of hydrogen-bond acceptors (Lipinski definition) is 5. The van der Waals surface area contributed by atoms with Crippen LogP contribution < -0.4 is 10.1 Å². The average Bonchev–Trinajstić information content (AvgIpc) is 2.79. The van der Waals surface area contributed by atoms with E-state index in [9.17, 15) is 27.9 Å². The van der Waals surface area contributed by atoms with Crippen molar-refractivity contribution in [2.75, 3.05) is 13.2 Å². The zero-order valence-electron chi connectivity index (χ0n) is 20.0. The first-order chi connectivity index (χ1) is 16.7. The minimum atomic E-state index is -4.49. The van der Waals surface area contributed by atoms with Crippen LogP contribution in [0.25, 0.3) is 0 Å². The lowest BCUT2D eigenvalue weighted by molar-refractivity contribution is -0.137. The van der Waals surface area contributed by atoms with E-state index < -0.39 is 29.8 Å². The first kappa shape index (κ1) is 30.2. The summed E-state index contributed by atoms with van der Waals surface area (Å²) in [5.41, 5.74) is 0.0504. The van der Waals surface area contributed by atoms with Crippen LogP contribution in [-0.2, 0) is 15.8 Å². The van der Waals surface area contributed by atoms with Crippen molar-refractivity contribution in [3.05, 3.63) is 77.4 Å². The van der Waals surface area contributed by atoms with E-state index in [1.165, 1.54) is 6.07 Å². The second-order valence-electron chi connectivity index (χ2n) is 8.43. The summed E-state index contributed by atoms with van der Waals surface area (Å²) in [4.78, 5) is 19.1. The van der Waals surface area contributed by atoms with Gasteiger partial charge >= 0.3 is 18.1 Å². The van der Waals surface area contributed by atoms with Gasteiger partial charge in [0.15, 0.2) is 0 Å². The van der Waals surface area contributed by atoms with Crippen LogP contribution >= 0.6 is 0 Å². The number of halogens is 3. The number of ether oxygens (including phenoxy) is 1. The molecule has 194 valence electrons. The second kappa shape index (κ2) is 13.9. The molecule has 2 aromatic rings. The fourth-order valence-electron chi connectivity index (χ4n) is 2.39. The molecule has 1 unspecified atom stereocenters. The molecule has 0 bridgehead atoms. The number of aliphatic hydroxyl groups is 1. The minimum absolute atomic E-state index is 0.00642. The maximum atomic E-state index is 13.1. The van der Waals surface area contributed by atoms with Crippen molar-refractivity contribution in [3.63, 3.8) is 0 Å². The Hall–Kier alpha value is -3.81. The van der Waals surface area contributed by atoms with Gasteiger partial charge in [-0.3, -0.25) is 0 Å². The third-order valence-corrected chi connectivity index (χ3v) is 4.09. The van der Waals surface area contributed by atoms with Crippen molar-refractivity contribution >= 4 is 11.9 Å². The van der Waals surface area contributed by atoms with Gasteiger partial charge in [0.2, 0.25) is 0 Å². The van der Waals surface area contributed by atoms with Crippen molar-refractivity contribution in [3.8, 4) is 17.6 Å². The molecule has 10 heteroatoms. The molecule has 0 amide bonds. The highest BCUT2D eigenvalue weighted by atomic mass is 19.4. The summed E-state index contributed by atoms with van der Waals surface area (Å²) in [6.07, 6.45) is -4.25. The summed E-state index contributed by atoms with van der Waals surface area (Å²) < 4.78 is 44.6. The van der Waals surface area contributed by atoms with E-state index in [1.807, 2.05) is 39.0 Å². The largest absolute Gasteiger partial charge is 0.490 e. The Bertz CT molecular complexity index is 1080. The molecule has 2 aromatic carbocycles. The Morgan fingerprint density at radius 2 is 1.58 bits per heavy atom. The highest BCUT2D eigenvalue weighted by Gasteiger charge is 2.31. The second-order valence-corrected chi connectivity index (χ2v) is 8.43. The molecule has 1 atom stereocenters. The predicted molar refractivity (Wildman–Crippen MR) is 128 cm³/mol. The minimum Gasteiger partial charge on any atom is -0.490 e. The van der Waals surface area contributed by atoms with Crippen LogP contribution in [0.4, 0.5) is 13.2 Å². The lowest BCUT2D eigenvalue weighted by atomic mass is 10.1. The van der Waals surface area contributed by atoms with Gasteiger partial charge in [-0.2, -0.15) is 13.2 Å². The number of alkyl halides is 3. The van der Waals surface area contributed by atoms with Crippen molar-refractivity contribution in [1.29, 1.82) is 0 Å². The van der Waals surface area contributed by atoms with Crippen LogP contribution in [0.1, 0.15) is 37.5 Å². The van der Waals surface area contributed by atoms with Gasteiger partial charge in [0.25, 0.3) is 0 Å². The molecule has 0 aromatic heterocycles. The molecule has 0 saturated carbocycles. The molecule has 0 spiro atoms. The zero-order chi connectivity index (χ0) is 27.4. The molecular formula is C26H28F3NO6. The molecule has 36 heavy (non-hydrogen) atoms. The van der Waals surface area contributed by atoms with Crippen LogP contribution in [0.15, 0.2) is 60.7 Å². The van der Waals surface area contributed by atoms with Crippen LogP contribution in [0.2, 0.25) is 0 Å². The Labute approximate surface area is 207 Å². The van der Waals surface area contributed by atoms with Crippen LogP contribution in [0.5, 0.6) is 5.75 Å². The van der Waals surface area contributed by atoms with Gasteiger partial charge in [-0.05, 0) is 51.1 Å². The number of carbonyl (C=O) groups is 2. The number of carboxylic acid groups (broad SMARTS) is 2. The maximum absolute atomic E-state index is 13.1. The lowest BCUT2D eigenvalue weighted by Gasteiger charge is -2.23. The summed E-state index contributed by atoms with van der Waals surface area (Å²) in [7, 11) is 0. The van der Waals surface area contributed by atoms with Gasteiger partial charge in [-0.25, -0.2) is 9.59 Å². The monoisotopic (exact) mass is 507 g/mol. The van der Waals surface area contributed by atoms with E-state index in [1.54, 1.807) is 12.1 Å². The van der Waals surface area contributed by atoms with Crippen LogP contribution in [-0.4, -0.2) is 52.1 Å². The van der Waals surface area contributed by atoms with Crippen molar-refractivity contribution in [1.82, 2.24) is 5.32 Å². The Morgan fingerprint density at radius 1 is 1.00 bits per heavy atom. The van der Waals surface area contributed by atoms with Gasteiger partial charge in [-0.1, -0.05) is 30.0 Å². The third kappa shape index (κ3) is 13.2. The predicted octanol–water partition coefficient (Wildman–Crippen LogP) is 3.94. The van der Waals surface area contributed by atoms with Gasteiger partial charge in [0.1, 0.15) is 18.5 Å². The molecule has 0 heterocycles. The number of β-amino-alcohol motifs (C(OH)–C–C–N with tert-alkyl or cyclic N) is 1. The average molecular weight is 508 g/mol. The molecule has 0 aliphatic rings. The van der Waals surface area contributed by atoms with Gasteiger partial charge in [0, 0.05) is 29.8 Å². The molecule has 4 N–H and O–H groups in total. The highest BCUT2D eigenvalue weighted by Crippen LogP contribution is 2.33. The van der Waals surface area contributed by atoms with E-state index in [2.05, 4.69) is 17.2 Å². The zero-order valence-corrected chi connectivity index (χ0v) is 20.0. The number of carboxylic acids is 2. The Balaban J connectivity index is 0.000000697. The summed E-state index contributed by atoms with van der Waals surface area (Å²) in [5.74, 6) is 3.23. The van der Waals surface area contributed by atoms with Crippen LogP contribution in [0, 0.1) is 11.8 Å². The normalized spacial score (nSPS) is 12.1. The van der Waals surface area contributed by atoms with E-state index in [-0.39, 0.29) is 24.4 Å². The van der Waals surface area contributed by atoms with Crippen molar-refractivity contribution < 1.29 is 42.8 Å². The Kier molecular flexibility index (Phi) is 11.7.